The van der Waals surface area contributed by atoms with Crippen molar-refractivity contribution < 1.29 is 13.2 Å². The van der Waals surface area contributed by atoms with Crippen molar-refractivity contribution in [2.45, 2.75) is 0 Å². The molecular weight excluding hydrogens is 309 g/mol. The van der Waals surface area contributed by atoms with Gasteiger partial charge in [-0.05, 0) is 34.1 Å². The number of rotatable bonds is 2. The summed E-state index contributed by atoms with van der Waals surface area (Å²) in [6.45, 7) is 0. The molecule has 2 nitrogen and oxygen atoms in total. The minimum atomic E-state index is -0.711. The fourth-order valence-corrected chi connectivity index (χ4v) is 1.80. The summed E-state index contributed by atoms with van der Waals surface area (Å²) in [5, 5.41) is 2.72. The zero-order valence-electron chi connectivity index (χ0n) is 8.98. The molecule has 0 fully saturated rings. The highest BCUT2D eigenvalue weighted by atomic mass is 79.9. The number of nitrogens with one attached hydrogen (secondary N) is 1. The van der Waals surface area contributed by atoms with Crippen LogP contribution in [0.15, 0.2) is 34.8 Å². The second-order valence-electron chi connectivity index (χ2n) is 3.64. The number of hydrogen-bond donors (Lipinski definition) is 2. The zero-order chi connectivity index (χ0) is 13.3. The fourth-order valence-electron chi connectivity index (χ4n) is 1.45. The van der Waals surface area contributed by atoms with Crippen LogP contribution >= 0.6 is 15.9 Å². The van der Waals surface area contributed by atoms with Crippen LogP contribution < -0.4 is 11.1 Å². The number of hydrogen-bond acceptors (Lipinski definition) is 2. The van der Waals surface area contributed by atoms with Gasteiger partial charge in [-0.3, -0.25) is 0 Å². The molecule has 2 aromatic carbocycles. The van der Waals surface area contributed by atoms with E-state index in [0.29, 0.717) is 5.69 Å². The maximum Gasteiger partial charge on any atom is 0.139 e. The van der Waals surface area contributed by atoms with Gasteiger partial charge in [-0.25, -0.2) is 13.2 Å². The number of anilines is 3. The van der Waals surface area contributed by atoms with Crippen LogP contribution in [0.25, 0.3) is 0 Å². The van der Waals surface area contributed by atoms with Crippen LogP contribution in [-0.2, 0) is 0 Å². The molecular formula is C12H8BrF3N2. The molecule has 0 heterocycles. The van der Waals surface area contributed by atoms with Gasteiger partial charge in [0.05, 0.1) is 15.8 Å². The average Bonchev–Trinajstić information content (AvgIpc) is 2.24. The molecule has 0 aliphatic heterocycles. The molecule has 0 aliphatic carbocycles. The minimum Gasteiger partial charge on any atom is -0.397 e. The third kappa shape index (κ3) is 2.76. The topological polar surface area (TPSA) is 38.0 Å². The lowest BCUT2D eigenvalue weighted by molar-refractivity contribution is 0.584. The highest BCUT2D eigenvalue weighted by molar-refractivity contribution is 9.10. The highest BCUT2D eigenvalue weighted by Gasteiger charge is 2.07. The summed E-state index contributed by atoms with van der Waals surface area (Å²) in [5.41, 5.74) is 6.29. The number of benzene rings is 2. The Hall–Kier alpha value is -1.69. The molecule has 0 unspecified atom stereocenters. The number of nitrogen functional groups attached to an aromatic ring is 1. The van der Waals surface area contributed by atoms with Gasteiger partial charge in [0.15, 0.2) is 0 Å². The van der Waals surface area contributed by atoms with Crippen molar-refractivity contribution in [3.05, 3.63) is 52.3 Å². The van der Waals surface area contributed by atoms with Crippen LogP contribution in [0.1, 0.15) is 0 Å². The van der Waals surface area contributed by atoms with E-state index < -0.39 is 17.5 Å². The molecule has 18 heavy (non-hydrogen) atoms. The lowest BCUT2D eigenvalue weighted by Gasteiger charge is -2.10. The molecule has 3 N–H and O–H groups in total. The van der Waals surface area contributed by atoms with Gasteiger partial charge in [0.1, 0.15) is 17.5 Å². The highest BCUT2D eigenvalue weighted by Crippen LogP contribution is 2.29. The smallest absolute Gasteiger partial charge is 0.139 e. The summed E-state index contributed by atoms with van der Waals surface area (Å²) in [6, 6.07) is 5.49. The Kier molecular flexibility index (Phi) is 3.47. The van der Waals surface area contributed by atoms with Gasteiger partial charge in [-0.15, -0.1) is 0 Å². The molecule has 2 aromatic rings. The van der Waals surface area contributed by atoms with E-state index in [1.54, 1.807) is 0 Å². The largest absolute Gasteiger partial charge is 0.397 e. The van der Waals surface area contributed by atoms with Crippen LogP contribution in [0.4, 0.5) is 30.2 Å². The lowest BCUT2D eigenvalue weighted by Crippen LogP contribution is -1.98. The van der Waals surface area contributed by atoms with Crippen molar-refractivity contribution >= 4 is 33.0 Å². The van der Waals surface area contributed by atoms with E-state index in [1.165, 1.54) is 6.07 Å². The first-order valence-electron chi connectivity index (χ1n) is 4.93. The van der Waals surface area contributed by atoms with E-state index in [2.05, 4.69) is 21.2 Å². The molecule has 0 atom stereocenters. The average molecular weight is 317 g/mol. The van der Waals surface area contributed by atoms with Crippen LogP contribution in [0.5, 0.6) is 0 Å². The first-order chi connectivity index (χ1) is 8.45. The van der Waals surface area contributed by atoms with Gasteiger partial charge in [-0.2, -0.15) is 0 Å². The van der Waals surface area contributed by atoms with Crippen molar-refractivity contribution in [3.8, 4) is 0 Å². The Morgan fingerprint density at radius 1 is 0.944 bits per heavy atom. The first-order valence-corrected chi connectivity index (χ1v) is 5.72. The Labute approximate surface area is 110 Å². The third-order valence-corrected chi connectivity index (χ3v) is 2.84. The van der Waals surface area contributed by atoms with Gasteiger partial charge in [-0.1, -0.05) is 0 Å². The van der Waals surface area contributed by atoms with Crippen molar-refractivity contribution in [2.24, 2.45) is 0 Å². The molecule has 0 saturated heterocycles. The fraction of sp³-hybridized carbons (Fsp3) is 0. The van der Waals surface area contributed by atoms with Crippen molar-refractivity contribution in [3.63, 3.8) is 0 Å². The normalized spacial score (nSPS) is 10.4. The van der Waals surface area contributed by atoms with E-state index in [4.69, 9.17) is 5.73 Å². The summed E-state index contributed by atoms with van der Waals surface area (Å²) >= 11 is 3.00. The predicted octanol–water partition coefficient (Wildman–Crippen LogP) is 4.19. The molecule has 0 amide bonds. The predicted molar refractivity (Wildman–Crippen MR) is 68.2 cm³/mol. The van der Waals surface area contributed by atoms with E-state index in [9.17, 15) is 13.2 Å². The van der Waals surface area contributed by atoms with Crippen molar-refractivity contribution in [1.29, 1.82) is 0 Å². The second-order valence-corrected chi connectivity index (χ2v) is 4.49. The number of halogens is 4. The van der Waals surface area contributed by atoms with Gasteiger partial charge in [0.25, 0.3) is 0 Å². The van der Waals surface area contributed by atoms with Crippen molar-refractivity contribution in [1.82, 2.24) is 0 Å². The summed E-state index contributed by atoms with van der Waals surface area (Å²) in [6.07, 6.45) is 0. The SMILES string of the molecule is Nc1cc(F)c(Br)cc1Nc1cc(F)cc(F)c1. The van der Waals surface area contributed by atoms with Crippen LogP contribution in [0, 0.1) is 17.5 Å². The van der Waals surface area contributed by atoms with Gasteiger partial charge >= 0.3 is 0 Å². The molecule has 2 rings (SSSR count). The van der Waals surface area contributed by atoms with Gasteiger partial charge in [0.2, 0.25) is 0 Å². The van der Waals surface area contributed by atoms with Crippen molar-refractivity contribution in [2.75, 3.05) is 11.1 Å². The molecule has 0 saturated carbocycles. The molecule has 0 radical (unpaired) electrons. The molecule has 0 spiro atoms. The van der Waals surface area contributed by atoms with E-state index in [1.807, 2.05) is 0 Å². The standard InChI is InChI=1S/C12H8BrF3N2/c13-9-4-12(11(17)5-10(9)16)18-8-2-6(14)1-7(15)3-8/h1-5,18H,17H2. The maximum absolute atomic E-state index is 13.2. The van der Waals surface area contributed by atoms with Crippen LogP contribution in [0.2, 0.25) is 0 Å². The minimum absolute atomic E-state index is 0.139. The summed E-state index contributed by atoms with van der Waals surface area (Å²) in [7, 11) is 0. The van der Waals surface area contributed by atoms with Gasteiger partial charge < -0.3 is 11.1 Å². The second kappa shape index (κ2) is 4.89. The summed E-state index contributed by atoms with van der Waals surface area (Å²) in [4.78, 5) is 0. The molecule has 94 valence electrons. The zero-order valence-corrected chi connectivity index (χ0v) is 10.6. The van der Waals surface area contributed by atoms with E-state index >= 15 is 0 Å². The summed E-state index contributed by atoms with van der Waals surface area (Å²) < 4.78 is 39.3. The first kappa shape index (κ1) is 12.8. The Bertz CT molecular complexity index is 582. The van der Waals surface area contributed by atoms with E-state index in [-0.39, 0.29) is 15.8 Å². The number of nitrogens with two attached hydrogens (primary N) is 1. The Morgan fingerprint density at radius 2 is 1.56 bits per heavy atom. The van der Waals surface area contributed by atoms with E-state index in [0.717, 1.165) is 24.3 Å². The summed E-state index contributed by atoms with van der Waals surface area (Å²) in [5.74, 6) is -1.93. The molecule has 0 aliphatic rings. The quantitative estimate of drug-likeness (QED) is 0.815. The Morgan fingerprint density at radius 3 is 2.17 bits per heavy atom. The maximum atomic E-state index is 13.2. The Balaban J connectivity index is 2.36. The molecule has 0 bridgehead atoms. The molecule has 6 heteroatoms. The lowest BCUT2D eigenvalue weighted by atomic mass is 10.2. The molecule has 0 aromatic heterocycles. The van der Waals surface area contributed by atoms with Gasteiger partial charge in [0, 0.05) is 17.8 Å². The third-order valence-electron chi connectivity index (χ3n) is 2.23. The monoisotopic (exact) mass is 316 g/mol. The van der Waals surface area contributed by atoms with Crippen LogP contribution in [0.3, 0.4) is 0 Å². The van der Waals surface area contributed by atoms with Crippen LogP contribution in [-0.4, -0.2) is 0 Å².